The minimum atomic E-state index is 1.04. The standard InChI is InChI=1S/C12H22/c1-10-6-2-3-7-11-8-4-5-9-12(10)11/h10-12H,2-9H2,1H3. The molecule has 2 saturated carbocycles. The van der Waals surface area contributed by atoms with Crippen LogP contribution >= 0.6 is 0 Å². The summed E-state index contributed by atoms with van der Waals surface area (Å²) in [4.78, 5) is 0. The lowest BCUT2D eigenvalue weighted by atomic mass is 9.72. The number of fused-ring (bicyclic) bond motifs is 1. The highest BCUT2D eigenvalue weighted by atomic mass is 14.4. The van der Waals surface area contributed by atoms with Gasteiger partial charge in [-0.25, -0.2) is 0 Å². The SMILES string of the molecule is CC1CCCCC2CCCCC12. The van der Waals surface area contributed by atoms with Crippen LogP contribution in [0.4, 0.5) is 0 Å². The van der Waals surface area contributed by atoms with Gasteiger partial charge in [0, 0.05) is 0 Å². The van der Waals surface area contributed by atoms with E-state index in [1.165, 1.54) is 32.1 Å². The van der Waals surface area contributed by atoms with Gasteiger partial charge in [0.25, 0.3) is 0 Å². The highest BCUT2D eigenvalue weighted by Crippen LogP contribution is 2.42. The van der Waals surface area contributed by atoms with Gasteiger partial charge in [0.15, 0.2) is 0 Å². The highest BCUT2D eigenvalue weighted by Gasteiger charge is 2.30. The molecule has 0 aliphatic heterocycles. The summed E-state index contributed by atoms with van der Waals surface area (Å²) in [5.74, 6) is 3.27. The van der Waals surface area contributed by atoms with Crippen LogP contribution < -0.4 is 0 Å². The molecule has 0 radical (unpaired) electrons. The maximum atomic E-state index is 2.49. The molecule has 2 fully saturated rings. The molecular formula is C12H22. The van der Waals surface area contributed by atoms with Crippen molar-refractivity contribution >= 4 is 0 Å². The summed E-state index contributed by atoms with van der Waals surface area (Å²) in [5, 5.41) is 0. The smallest absolute Gasteiger partial charge is 0.0360 e. The predicted octanol–water partition coefficient (Wildman–Crippen LogP) is 4.00. The second kappa shape index (κ2) is 3.81. The second-order valence-corrected chi connectivity index (χ2v) is 4.97. The molecule has 0 N–H and O–H groups in total. The molecule has 2 rings (SSSR count). The van der Waals surface area contributed by atoms with Crippen LogP contribution in [0.25, 0.3) is 0 Å². The maximum absolute atomic E-state index is 2.49. The Labute approximate surface area is 76.7 Å². The van der Waals surface area contributed by atoms with Crippen molar-refractivity contribution in [3.8, 4) is 0 Å². The summed E-state index contributed by atoms with van der Waals surface area (Å²) in [6, 6.07) is 0. The molecule has 0 aromatic rings. The minimum absolute atomic E-state index is 1.04. The fraction of sp³-hybridized carbons (Fsp3) is 1.00. The monoisotopic (exact) mass is 166 g/mol. The molecule has 0 bridgehead atoms. The van der Waals surface area contributed by atoms with Gasteiger partial charge in [-0.05, 0) is 24.2 Å². The molecule has 3 atom stereocenters. The Hall–Kier alpha value is 0. The Morgan fingerprint density at radius 3 is 2.08 bits per heavy atom. The van der Waals surface area contributed by atoms with Crippen molar-refractivity contribution in [3.05, 3.63) is 0 Å². The van der Waals surface area contributed by atoms with E-state index in [1.807, 2.05) is 0 Å². The normalized spacial score (nSPS) is 43.2. The first-order valence-electron chi connectivity index (χ1n) is 5.88. The van der Waals surface area contributed by atoms with Gasteiger partial charge in [0.1, 0.15) is 0 Å². The first-order chi connectivity index (χ1) is 5.88. The molecular weight excluding hydrogens is 144 g/mol. The Kier molecular flexibility index (Phi) is 2.73. The summed E-state index contributed by atoms with van der Waals surface area (Å²) >= 11 is 0. The van der Waals surface area contributed by atoms with Crippen LogP contribution in [0.3, 0.4) is 0 Å². The van der Waals surface area contributed by atoms with E-state index in [2.05, 4.69) is 6.92 Å². The average molecular weight is 166 g/mol. The minimum Gasteiger partial charge on any atom is -0.0622 e. The molecule has 0 nitrogen and oxygen atoms in total. The summed E-state index contributed by atoms with van der Waals surface area (Å²) in [7, 11) is 0. The van der Waals surface area contributed by atoms with Gasteiger partial charge < -0.3 is 0 Å². The van der Waals surface area contributed by atoms with Crippen LogP contribution in [-0.2, 0) is 0 Å². The van der Waals surface area contributed by atoms with Crippen molar-refractivity contribution in [2.24, 2.45) is 17.8 Å². The zero-order valence-corrected chi connectivity index (χ0v) is 8.39. The van der Waals surface area contributed by atoms with Crippen molar-refractivity contribution in [3.63, 3.8) is 0 Å². The first kappa shape index (κ1) is 8.59. The van der Waals surface area contributed by atoms with Gasteiger partial charge in [0.2, 0.25) is 0 Å². The van der Waals surface area contributed by atoms with Gasteiger partial charge in [0.05, 0.1) is 0 Å². The Morgan fingerprint density at radius 1 is 0.750 bits per heavy atom. The van der Waals surface area contributed by atoms with E-state index in [4.69, 9.17) is 0 Å². The lowest BCUT2D eigenvalue weighted by Crippen LogP contribution is -2.23. The zero-order chi connectivity index (χ0) is 8.39. The van der Waals surface area contributed by atoms with Crippen molar-refractivity contribution < 1.29 is 0 Å². The van der Waals surface area contributed by atoms with Crippen LogP contribution in [0.15, 0.2) is 0 Å². The molecule has 0 heteroatoms. The van der Waals surface area contributed by atoms with Crippen LogP contribution in [-0.4, -0.2) is 0 Å². The largest absolute Gasteiger partial charge is 0.0622 e. The summed E-state index contributed by atoms with van der Waals surface area (Å²) < 4.78 is 0. The zero-order valence-electron chi connectivity index (χ0n) is 8.39. The lowest BCUT2D eigenvalue weighted by molar-refractivity contribution is 0.173. The third kappa shape index (κ3) is 1.67. The van der Waals surface area contributed by atoms with E-state index in [-0.39, 0.29) is 0 Å². The van der Waals surface area contributed by atoms with Crippen molar-refractivity contribution in [2.45, 2.75) is 58.3 Å². The molecule has 0 spiro atoms. The van der Waals surface area contributed by atoms with Gasteiger partial charge in [-0.2, -0.15) is 0 Å². The molecule has 3 unspecified atom stereocenters. The highest BCUT2D eigenvalue weighted by molar-refractivity contribution is 4.81. The summed E-state index contributed by atoms with van der Waals surface area (Å²) in [6.45, 7) is 2.49. The van der Waals surface area contributed by atoms with Gasteiger partial charge in [-0.3, -0.25) is 0 Å². The number of hydrogen-bond acceptors (Lipinski definition) is 0. The Morgan fingerprint density at radius 2 is 1.33 bits per heavy atom. The third-order valence-electron chi connectivity index (χ3n) is 4.18. The second-order valence-electron chi connectivity index (χ2n) is 4.97. The number of hydrogen-bond donors (Lipinski definition) is 0. The molecule has 70 valence electrons. The molecule has 0 aromatic carbocycles. The van der Waals surface area contributed by atoms with Gasteiger partial charge >= 0.3 is 0 Å². The van der Waals surface area contributed by atoms with E-state index >= 15 is 0 Å². The predicted molar refractivity (Wildman–Crippen MR) is 53.1 cm³/mol. The van der Waals surface area contributed by atoms with Crippen LogP contribution in [0.5, 0.6) is 0 Å². The number of rotatable bonds is 0. The van der Waals surface area contributed by atoms with E-state index in [0.29, 0.717) is 0 Å². The van der Waals surface area contributed by atoms with Crippen molar-refractivity contribution in [1.82, 2.24) is 0 Å². The van der Waals surface area contributed by atoms with Crippen molar-refractivity contribution in [1.29, 1.82) is 0 Å². The molecule has 0 aromatic heterocycles. The fourth-order valence-corrected chi connectivity index (χ4v) is 3.43. The third-order valence-corrected chi connectivity index (χ3v) is 4.18. The summed E-state index contributed by atoms with van der Waals surface area (Å²) in [5.41, 5.74) is 0. The molecule has 0 saturated heterocycles. The Balaban J connectivity index is 2.01. The van der Waals surface area contributed by atoms with E-state index in [0.717, 1.165) is 17.8 Å². The van der Waals surface area contributed by atoms with Crippen LogP contribution in [0, 0.1) is 17.8 Å². The topological polar surface area (TPSA) is 0 Å². The lowest BCUT2D eigenvalue weighted by Gasteiger charge is -2.33. The van der Waals surface area contributed by atoms with Gasteiger partial charge in [-0.15, -0.1) is 0 Å². The van der Waals surface area contributed by atoms with Crippen LogP contribution in [0.2, 0.25) is 0 Å². The first-order valence-corrected chi connectivity index (χ1v) is 5.88. The van der Waals surface area contributed by atoms with E-state index < -0.39 is 0 Å². The molecule has 0 amide bonds. The quantitative estimate of drug-likeness (QED) is 0.510. The van der Waals surface area contributed by atoms with Crippen molar-refractivity contribution in [2.75, 3.05) is 0 Å². The average Bonchev–Trinajstić information content (AvgIpc) is 2.29. The maximum Gasteiger partial charge on any atom is -0.0360 e. The van der Waals surface area contributed by atoms with E-state index in [1.54, 1.807) is 19.3 Å². The molecule has 2 aliphatic carbocycles. The van der Waals surface area contributed by atoms with E-state index in [9.17, 15) is 0 Å². The molecule has 12 heavy (non-hydrogen) atoms. The Bertz CT molecular complexity index is 139. The van der Waals surface area contributed by atoms with Gasteiger partial charge in [-0.1, -0.05) is 51.9 Å². The molecule has 0 heterocycles. The van der Waals surface area contributed by atoms with Crippen LogP contribution in [0.1, 0.15) is 58.3 Å². The summed E-state index contributed by atoms with van der Waals surface area (Å²) in [6.07, 6.45) is 12.2. The fourth-order valence-electron chi connectivity index (χ4n) is 3.43. The molecule has 2 aliphatic rings.